The summed E-state index contributed by atoms with van der Waals surface area (Å²) in [6.07, 6.45) is -10.2. The van der Waals surface area contributed by atoms with Gasteiger partial charge in [0.25, 0.3) is 5.91 Å². The molecule has 5 aromatic rings. The van der Waals surface area contributed by atoms with Crippen molar-refractivity contribution in [3.8, 4) is 56.9 Å². The van der Waals surface area contributed by atoms with Gasteiger partial charge in [0.1, 0.15) is 5.82 Å². The number of benzene rings is 4. The minimum Gasteiger partial charge on any atom is -0.493 e. The summed E-state index contributed by atoms with van der Waals surface area (Å²) in [7, 11) is 5.73. The van der Waals surface area contributed by atoms with Crippen molar-refractivity contribution in [1.29, 1.82) is 0 Å². The van der Waals surface area contributed by atoms with Crippen LogP contribution in [-0.2, 0) is 28.4 Å². The maximum atomic E-state index is 14.2. The molecule has 1 amide bonds. The highest BCUT2D eigenvalue weighted by Crippen LogP contribution is 2.44. The number of methoxy groups -OCH3 is 4. The van der Waals surface area contributed by atoms with Crippen molar-refractivity contribution in [1.82, 2.24) is 14.9 Å². The molecule has 3 N–H and O–H groups in total. The summed E-state index contributed by atoms with van der Waals surface area (Å²) in [6.45, 7) is 1.87. The first-order valence-electron chi connectivity index (χ1n) is 17.8. The Morgan fingerprint density at radius 1 is 0.655 bits per heavy atom. The third-order valence-corrected chi connectivity index (χ3v) is 8.85. The summed E-state index contributed by atoms with van der Waals surface area (Å²) < 4.78 is 119. The lowest BCUT2D eigenvalue weighted by molar-refractivity contribution is -0.143. The molecule has 4 aromatic carbocycles. The van der Waals surface area contributed by atoms with E-state index in [4.69, 9.17) is 39.1 Å². The lowest BCUT2D eigenvalue weighted by Gasteiger charge is -2.17. The SMILES string of the molecule is COc1ccc(-c2nc(-c3cc(C(F)(F)F)cc(C(F)(F)F)c3)n(Cc3ccc(C(=O)NCCOCCOCCN)cc3)c2-c2ccc(OC)c(OC)c2)cc1OC. The van der Waals surface area contributed by atoms with Gasteiger partial charge in [0, 0.05) is 41.9 Å². The van der Waals surface area contributed by atoms with Crippen LogP contribution in [-0.4, -0.2) is 83.4 Å². The number of ether oxygens (including phenoxy) is 6. The van der Waals surface area contributed by atoms with E-state index < -0.39 is 29.0 Å². The Hall–Kier alpha value is -5.78. The van der Waals surface area contributed by atoms with Crippen molar-refractivity contribution < 1.29 is 59.6 Å². The number of alkyl halides is 6. The number of amides is 1. The number of carbonyl (C=O) groups excluding carboxylic acids is 1. The largest absolute Gasteiger partial charge is 0.493 e. The van der Waals surface area contributed by atoms with Crippen molar-refractivity contribution in [3.63, 3.8) is 0 Å². The summed E-state index contributed by atoms with van der Waals surface area (Å²) in [6, 6.07) is 17.5. The Bertz CT molecular complexity index is 2140. The predicted octanol–water partition coefficient (Wildman–Crippen LogP) is 7.73. The van der Waals surface area contributed by atoms with Crippen LogP contribution in [0.5, 0.6) is 23.0 Å². The van der Waals surface area contributed by atoms with Crippen molar-refractivity contribution in [3.05, 3.63) is 101 Å². The Balaban J connectivity index is 1.66. The zero-order valence-electron chi connectivity index (χ0n) is 32.1. The standard InChI is InChI=1S/C41H42F6N4O7/c1-53-32-11-9-27(21-34(32)55-3)36-37(28-10-12-33(54-2)35(22-28)56-4)51(38(50-36)29-19-30(40(42,43)44)23-31(20-29)41(45,46)47)24-25-5-7-26(8-6-25)39(52)49-14-16-58-18-17-57-15-13-48/h5-12,19-23H,13-18,24,48H2,1-4H3,(H,49,52). The average Bonchev–Trinajstić information content (AvgIpc) is 3.59. The fraction of sp³-hybridized carbons (Fsp3) is 0.317. The molecule has 0 spiro atoms. The second-order valence-corrected chi connectivity index (χ2v) is 12.6. The van der Waals surface area contributed by atoms with E-state index in [1.807, 2.05) is 0 Å². The van der Waals surface area contributed by atoms with E-state index in [9.17, 15) is 31.1 Å². The molecule has 310 valence electrons. The molecule has 0 unspecified atom stereocenters. The van der Waals surface area contributed by atoms with Crippen LogP contribution >= 0.6 is 0 Å². The van der Waals surface area contributed by atoms with Crippen molar-refractivity contribution >= 4 is 5.91 Å². The highest BCUT2D eigenvalue weighted by molar-refractivity contribution is 5.94. The van der Waals surface area contributed by atoms with Gasteiger partial charge >= 0.3 is 12.4 Å². The van der Waals surface area contributed by atoms with Gasteiger partial charge in [-0.1, -0.05) is 12.1 Å². The van der Waals surface area contributed by atoms with E-state index in [0.717, 1.165) is 0 Å². The summed E-state index contributed by atoms with van der Waals surface area (Å²) in [5.74, 6) is 0.742. The number of rotatable bonds is 18. The van der Waals surface area contributed by atoms with Gasteiger partial charge in [-0.2, -0.15) is 26.3 Å². The maximum Gasteiger partial charge on any atom is 0.416 e. The number of nitrogens with two attached hydrogens (primary N) is 1. The van der Waals surface area contributed by atoms with Crippen LogP contribution in [0, 0.1) is 0 Å². The molecule has 0 saturated carbocycles. The van der Waals surface area contributed by atoms with E-state index in [2.05, 4.69) is 5.32 Å². The second-order valence-electron chi connectivity index (χ2n) is 12.6. The van der Waals surface area contributed by atoms with Gasteiger partial charge < -0.3 is 44.0 Å². The number of nitrogens with zero attached hydrogens (tertiary/aromatic N) is 2. The topological polar surface area (TPSA) is 128 Å². The fourth-order valence-electron chi connectivity index (χ4n) is 6.06. The van der Waals surface area contributed by atoms with Gasteiger partial charge in [-0.3, -0.25) is 4.79 Å². The highest BCUT2D eigenvalue weighted by atomic mass is 19.4. The first-order chi connectivity index (χ1) is 27.7. The van der Waals surface area contributed by atoms with E-state index in [-0.39, 0.29) is 43.2 Å². The summed E-state index contributed by atoms with van der Waals surface area (Å²) in [5.41, 5.74) is 4.12. The van der Waals surface area contributed by atoms with Crippen LogP contribution in [0.3, 0.4) is 0 Å². The monoisotopic (exact) mass is 816 g/mol. The van der Waals surface area contributed by atoms with Gasteiger partial charge in [0.05, 0.1) is 77.4 Å². The molecule has 17 heteroatoms. The Morgan fingerprint density at radius 2 is 1.19 bits per heavy atom. The molecule has 0 atom stereocenters. The van der Waals surface area contributed by atoms with Gasteiger partial charge in [0.2, 0.25) is 0 Å². The smallest absolute Gasteiger partial charge is 0.416 e. The summed E-state index contributed by atoms with van der Waals surface area (Å²) in [4.78, 5) is 17.7. The molecule has 11 nitrogen and oxygen atoms in total. The number of carbonyl (C=O) groups is 1. The van der Waals surface area contributed by atoms with Gasteiger partial charge in [-0.15, -0.1) is 0 Å². The Labute approximate surface area is 330 Å². The molecule has 0 radical (unpaired) electrons. The predicted molar refractivity (Wildman–Crippen MR) is 203 cm³/mol. The molecular formula is C41H42F6N4O7. The van der Waals surface area contributed by atoms with Gasteiger partial charge in [-0.05, 0) is 72.3 Å². The zero-order valence-corrected chi connectivity index (χ0v) is 32.1. The van der Waals surface area contributed by atoms with Crippen LogP contribution in [0.2, 0.25) is 0 Å². The van der Waals surface area contributed by atoms with Crippen LogP contribution in [0.25, 0.3) is 33.9 Å². The minimum absolute atomic E-state index is 0.0645. The first-order valence-corrected chi connectivity index (χ1v) is 17.8. The van der Waals surface area contributed by atoms with Crippen LogP contribution in [0.15, 0.2) is 78.9 Å². The maximum absolute atomic E-state index is 14.2. The first kappa shape index (κ1) is 43.3. The molecule has 0 bridgehead atoms. The fourth-order valence-corrected chi connectivity index (χ4v) is 6.06. The average molecular weight is 817 g/mol. The molecule has 0 saturated heterocycles. The minimum atomic E-state index is -5.12. The molecular weight excluding hydrogens is 774 g/mol. The second kappa shape index (κ2) is 19.1. The molecule has 1 aromatic heterocycles. The third-order valence-electron chi connectivity index (χ3n) is 8.85. The zero-order chi connectivity index (χ0) is 42.0. The van der Waals surface area contributed by atoms with Crippen LogP contribution in [0.4, 0.5) is 26.3 Å². The van der Waals surface area contributed by atoms with E-state index in [1.165, 1.54) is 33.0 Å². The molecule has 1 heterocycles. The van der Waals surface area contributed by atoms with Crippen LogP contribution in [0.1, 0.15) is 27.0 Å². The number of nitrogens with one attached hydrogen (secondary N) is 1. The number of aromatic nitrogens is 2. The molecule has 0 aliphatic heterocycles. The summed E-state index contributed by atoms with van der Waals surface area (Å²) >= 11 is 0. The van der Waals surface area contributed by atoms with Crippen LogP contribution < -0.4 is 30.0 Å². The molecule has 5 rings (SSSR count). The lowest BCUT2D eigenvalue weighted by Crippen LogP contribution is -2.27. The quantitative estimate of drug-likeness (QED) is 0.0675. The number of hydrogen-bond acceptors (Lipinski definition) is 9. The summed E-state index contributed by atoms with van der Waals surface area (Å²) in [5, 5.41) is 2.76. The van der Waals surface area contributed by atoms with E-state index in [0.29, 0.717) is 89.4 Å². The number of halogens is 6. The molecule has 58 heavy (non-hydrogen) atoms. The third kappa shape index (κ3) is 10.4. The lowest BCUT2D eigenvalue weighted by atomic mass is 10.0. The van der Waals surface area contributed by atoms with Gasteiger partial charge in [0.15, 0.2) is 23.0 Å². The Kier molecular flexibility index (Phi) is 14.3. The van der Waals surface area contributed by atoms with Gasteiger partial charge in [-0.25, -0.2) is 4.98 Å². The van der Waals surface area contributed by atoms with E-state index in [1.54, 1.807) is 60.7 Å². The molecule has 0 aliphatic carbocycles. The number of hydrogen-bond donors (Lipinski definition) is 2. The highest BCUT2D eigenvalue weighted by Gasteiger charge is 2.38. The molecule has 0 fully saturated rings. The Morgan fingerprint density at radius 3 is 1.72 bits per heavy atom. The van der Waals surface area contributed by atoms with E-state index >= 15 is 0 Å². The van der Waals surface area contributed by atoms with Crippen molar-refractivity contribution in [2.24, 2.45) is 5.73 Å². The van der Waals surface area contributed by atoms with Crippen molar-refractivity contribution in [2.75, 3.05) is 68.0 Å². The number of imidazole rings is 1. The molecule has 0 aliphatic rings. The van der Waals surface area contributed by atoms with Crippen molar-refractivity contribution in [2.45, 2.75) is 18.9 Å². The normalized spacial score (nSPS) is 11.7.